The van der Waals surface area contributed by atoms with Gasteiger partial charge in [-0.15, -0.1) is 0 Å². The maximum absolute atomic E-state index is 12.8. The highest BCUT2D eigenvalue weighted by Gasteiger charge is 2.38. The predicted octanol–water partition coefficient (Wildman–Crippen LogP) is 2.36. The molecule has 1 aromatic rings. The Balaban J connectivity index is 2.08. The minimum atomic E-state index is -0.192. The number of nitrogens with zero attached hydrogens (tertiary/aromatic N) is 2. The molecule has 0 spiro atoms. The molecule has 1 saturated heterocycles. The molecule has 2 amide bonds. The second-order valence-corrected chi connectivity index (χ2v) is 6.82. The van der Waals surface area contributed by atoms with Crippen LogP contribution in [0, 0.1) is 12.8 Å². The van der Waals surface area contributed by atoms with E-state index < -0.39 is 0 Å². The number of carbonyl (C=O) groups excluding carboxylic acids is 2. The first-order valence-corrected chi connectivity index (χ1v) is 9.30. The van der Waals surface area contributed by atoms with Crippen molar-refractivity contribution in [1.82, 2.24) is 15.1 Å². The molecule has 25 heavy (non-hydrogen) atoms. The molecule has 0 aromatic heterocycles. The lowest BCUT2D eigenvalue weighted by molar-refractivity contribution is -0.141. The van der Waals surface area contributed by atoms with Crippen molar-refractivity contribution >= 4 is 11.8 Å². The van der Waals surface area contributed by atoms with E-state index >= 15 is 0 Å². The number of rotatable bonds is 7. The summed E-state index contributed by atoms with van der Waals surface area (Å²) in [5, 5.41) is 3.08. The highest BCUT2D eigenvalue weighted by atomic mass is 16.2. The molecule has 0 radical (unpaired) electrons. The zero-order valence-corrected chi connectivity index (χ0v) is 15.9. The smallest absolute Gasteiger partial charge is 0.225 e. The van der Waals surface area contributed by atoms with Crippen LogP contribution in [0.2, 0.25) is 0 Å². The number of carbonyl (C=O) groups is 2. The van der Waals surface area contributed by atoms with Crippen LogP contribution in [0.3, 0.4) is 0 Å². The van der Waals surface area contributed by atoms with Crippen molar-refractivity contribution in [2.45, 2.75) is 39.7 Å². The zero-order valence-electron chi connectivity index (χ0n) is 15.9. The maximum atomic E-state index is 12.8. The van der Waals surface area contributed by atoms with Crippen LogP contribution in [0.5, 0.6) is 0 Å². The summed E-state index contributed by atoms with van der Waals surface area (Å²) in [7, 11) is 1.81. The molecule has 138 valence electrons. The topological polar surface area (TPSA) is 52.7 Å². The molecule has 2 rings (SSSR count). The van der Waals surface area contributed by atoms with E-state index in [0.717, 1.165) is 25.2 Å². The number of likely N-dealkylation sites (N-methyl/N-ethyl adjacent to an activating group) is 1. The van der Waals surface area contributed by atoms with Crippen molar-refractivity contribution in [1.29, 1.82) is 0 Å². The van der Waals surface area contributed by atoms with Gasteiger partial charge in [0.15, 0.2) is 0 Å². The van der Waals surface area contributed by atoms with Crippen molar-refractivity contribution in [3.63, 3.8) is 0 Å². The number of aryl methyl sites for hydroxylation is 1. The van der Waals surface area contributed by atoms with Gasteiger partial charge in [0.2, 0.25) is 11.8 Å². The van der Waals surface area contributed by atoms with Crippen LogP contribution in [0.4, 0.5) is 0 Å². The molecule has 1 aromatic carbocycles. The van der Waals surface area contributed by atoms with E-state index in [-0.39, 0.29) is 23.8 Å². The molecule has 0 bridgehead atoms. The summed E-state index contributed by atoms with van der Waals surface area (Å²) < 4.78 is 0. The number of hydrogen-bond donors (Lipinski definition) is 1. The predicted molar refractivity (Wildman–Crippen MR) is 100 cm³/mol. The van der Waals surface area contributed by atoms with E-state index in [1.165, 1.54) is 5.56 Å². The average Bonchev–Trinajstić information content (AvgIpc) is 2.61. The molecule has 1 aliphatic heterocycles. The molecule has 0 aliphatic carbocycles. The van der Waals surface area contributed by atoms with Gasteiger partial charge in [-0.1, -0.05) is 43.7 Å². The number of amides is 2. The van der Waals surface area contributed by atoms with Crippen LogP contribution in [0.1, 0.15) is 43.9 Å². The summed E-state index contributed by atoms with van der Waals surface area (Å²) in [6.07, 6.45) is 1.05. The molecule has 5 heteroatoms. The van der Waals surface area contributed by atoms with Crippen molar-refractivity contribution in [2.75, 3.05) is 33.2 Å². The summed E-state index contributed by atoms with van der Waals surface area (Å²) in [4.78, 5) is 29.0. The second-order valence-electron chi connectivity index (χ2n) is 6.82. The van der Waals surface area contributed by atoms with Gasteiger partial charge in [0.05, 0.1) is 12.0 Å². The summed E-state index contributed by atoms with van der Waals surface area (Å²) >= 11 is 0. The van der Waals surface area contributed by atoms with E-state index in [4.69, 9.17) is 0 Å². The van der Waals surface area contributed by atoms with E-state index in [9.17, 15) is 9.59 Å². The van der Waals surface area contributed by atoms with E-state index in [2.05, 4.69) is 24.1 Å². The molecule has 2 atom stereocenters. The van der Waals surface area contributed by atoms with Crippen molar-refractivity contribution in [3.05, 3.63) is 35.4 Å². The molecule has 1 N–H and O–H groups in total. The Morgan fingerprint density at radius 2 is 1.88 bits per heavy atom. The van der Waals surface area contributed by atoms with Crippen molar-refractivity contribution in [2.24, 2.45) is 5.92 Å². The minimum Gasteiger partial charge on any atom is -0.354 e. The minimum absolute atomic E-state index is 0.0529. The first kappa shape index (κ1) is 19.4. The Hall–Kier alpha value is -1.88. The van der Waals surface area contributed by atoms with Gasteiger partial charge in [0, 0.05) is 26.6 Å². The summed E-state index contributed by atoms with van der Waals surface area (Å²) in [6, 6.07) is 7.96. The Kier molecular flexibility index (Phi) is 7.00. The Bertz CT molecular complexity index is 581. The Labute approximate surface area is 151 Å². The van der Waals surface area contributed by atoms with E-state index in [0.29, 0.717) is 19.4 Å². The number of piperidine rings is 1. The normalized spacial score (nSPS) is 20.8. The lowest BCUT2D eigenvalue weighted by Crippen LogP contribution is -2.47. The maximum Gasteiger partial charge on any atom is 0.225 e. The molecule has 5 nitrogen and oxygen atoms in total. The molecule has 1 fully saturated rings. The van der Waals surface area contributed by atoms with Crippen molar-refractivity contribution < 1.29 is 9.59 Å². The third-order valence-electron chi connectivity index (χ3n) is 5.24. The third kappa shape index (κ3) is 4.82. The second kappa shape index (κ2) is 8.99. The molecular weight excluding hydrogens is 314 g/mol. The van der Waals surface area contributed by atoms with Crippen LogP contribution < -0.4 is 5.32 Å². The lowest BCUT2D eigenvalue weighted by atomic mass is 9.83. The van der Waals surface area contributed by atoms with Crippen LogP contribution in [0.15, 0.2) is 24.3 Å². The van der Waals surface area contributed by atoms with Gasteiger partial charge in [-0.25, -0.2) is 0 Å². The quantitative estimate of drug-likeness (QED) is 0.825. The largest absolute Gasteiger partial charge is 0.354 e. The van der Waals surface area contributed by atoms with Crippen LogP contribution in [-0.2, 0) is 9.59 Å². The fraction of sp³-hybridized carbons (Fsp3) is 0.600. The van der Waals surface area contributed by atoms with Crippen molar-refractivity contribution in [3.8, 4) is 0 Å². The molecule has 0 unspecified atom stereocenters. The van der Waals surface area contributed by atoms with Gasteiger partial charge < -0.3 is 15.1 Å². The highest BCUT2D eigenvalue weighted by Crippen LogP contribution is 2.35. The monoisotopic (exact) mass is 345 g/mol. The van der Waals surface area contributed by atoms with Crippen LogP contribution >= 0.6 is 0 Å². The number of nitrogens with one attached hydrogen (secondary N) is 1. The zero-order chi connectivity index (χ0) is 18.4. The van der Waals surface area contributed by atoms with Gasteiger partial charge in [0.25, 0.3) is 0 Å². The standard InChI is InChI=1S/C20H31N3O2/c1-5-23(6-2)14-13-21-20(25)17-11-12-18(24)22(4)19(17)16-9-7-15(3)8-10-16/h7-10,17,19H,5-6,11-14H2,1-4H3,(H,21,25)/t17-,19-/m0/s1. The highest BCUT2D eigenvalue weighted by molar-refractivity contribution is 5.84. The van der Waals surface area contributed by atoms with Gasteiger partial charge >= 0.3 is 0 Å². The SMILES string of the molecule is CCN(CC)CCNC(=O)[C@H]1CCC(=O)N(C)[C@H]1c1ccc(C)cc1. The van der Waals surface area contributed by atoms with E-state index in [1.54, 1.807) is 4.90 Å². The summed E-state index contributed by atoms with van der Waals surface area (Å²) in [5.74, 6) is -0.0306. The first-order chi connectivity index (χ1) is 12.0. The molecule has 0 saturated carbocycles. The van der Waals surface area contributed by atoms with Gasteiger partial charge in [0.1, 0.15) is 0 Å². The third-order valence-corrected chi connectivity index (χ3v) is 5.24. The lowest BCUT2D eigenvalue weighted by Gasteiger charge is -2.38. The summed E-state index contributed by atoms with van der Waals surface area (Å²) in [6.45, 7) is 9.76. The fourth-order valence-corrected chi connectivity index (χ4v) is 3.54. The Morgan fingerprint density at radius 1 is 1.24 bits per heavy atom. The molecular formula is C20H31N3O2. The number of benzene rings is 1. The molecule has 1 aliphatic rings. The van der Waals surface area contributed by atoms with Crippen LogP contribution in [0.25, 0.3) is 0 Å². The summed E-state index contributed by atoms with van der Waals surface area (Å²) in [5.41, 5.74) is 2.21. The van der Waals surface area contributed by atoms with Gasteiger partial charge in [-0.2, -0.15) is 0 Å². The van der Waals surface area contributed by atoms with Crippen LogP contribution in [-0.4, -0.2) is 54.8 Å². The number of hydrogen-bond acceptors (Lipinski definition) is 3. The fourth-order valence-electron chi connectivity index (χ4n) is 3.54. The molecule has 1 heterocycles. The van der Waals surface area contributed by atoms with Gasteiger partial charge in [-0.3, -0.25) is 9.59 Å². The first-order valence-electron chi connectivity index (χ1n) is 9.30. The average molecular weight is 345 g/mol. The number of likely N-dealkylation sites (tertiary alicyclic amines) is 1. The Morgan fingerprint density at radius 3 is 2.48 bits per heavy atom. The van der Waals surface area contributed by atoms with Gasteiger partial charge in [-0.05, 0) is 32.0 Å². The van der Waals surface area contributed by atoms with E-state index in [1.807, 2.05) is 38.2 Å².